The smallest absolute Gasteiger partial charge is 0.254 e. The van der Waals surface area contributed by atoms with Gasteiger partial charge in [0.15, 0.2) is 0 Å². The minimum Gasteiger partial charge on any atom is -0.497 e. The van der Waals surface area contributed by atoms with Crippen molar-refractivity contribution in [3.8, 4) is 5.75 Å². The van der Waals surface area contributed by atoms with Gasteiger partial charge in [-0.2, -0.15) is 0 Å². The Morgan fingerprint density at radius 2 is 1.52 bits per heavy atom. The number of amides is 1. The van der Waals surface area contributed by atoms with Gasteiger partial charge in [0.05, 0.1) is 7.11 Å². The number of ether oxygens (including phenoxy) is 1. The van der Waals surface area contributed by atoms with Crippen LogP contribution in [0.25, 0.3) is 12.2 Å². The van der Waals surface area contributed by atoms with E-state index in [0.717, 1.165) is 22.4 Å². The van der Waals surface area contributed by atoms with Gasteiger partial charge in [0, 0.05) is 17.6 Å². The monoisotopic (exact) mass is 337 g/mol. The molecule has 3 heteroatoms. The molecule has 3 nitrogen and oxygen atoms in total. The molecule has 0 radical (unpaired) electrons. The zero-order valence-electron chi connectivity index (χ0n) is 15.7. The lowest BCUT2D eigenvalue weighted by Gasteiger charge is -2.31. The fraction of sp³-hybridized carbons (Fsp3) is 0.318. The summed E-state index contributed by atoms with van der Waals surface area (Å²) in [6.45, 7) is 8.20. The molecule has 25 heavy (non-hydrogen) atoms. The number of carbonyl (C=O) groups is 1. The highest BCUT2D eigenvalue weighted by Crippen LogP contribution is 2.19. The number of hydrogen-bond donors (Lipinski definition) is 0. The largest absolute Gasteiger partial charge is 0.497 e. The summed E-state index contributed by atoms with van der Waals surface area (Å²) in [6.07, 6.45) is 4.01. The van der Waals surface area contributed by atoms with Crippen molar-refractivity contribution in [3.05, 3.63) is 65.2 Å². The molecule has 2 aromatic rings. The van der Waals surface area contributed by atoms with Crippen LogP contribution in [0.2, 0.25) is 0 Å². The predicted octanol–water partition coefficient (Wildman–Crippen LogP) is 5.12. The first kappa shape index (κ1) is 18.8. The van der Waals surface area contributed by atoms with Crippen LogP contribution >= 0.6 is 0 Å². The van der Waals surface area contributed by atoms with Gasteiger partial charge in [-0.05, 0) is 57.0 Å². The van der Waals surface area contributed by atoms with Crippen LogP contribution in [0, 0.1) is 0 Å². The molecule has 0 aliphatic heterocycles. The van der Waals surface area contributed by atoms with Crippen LogP contribution in [0.3, 0.4) is 0 Å². The normalized spacial score (nSPS) is 11.3. The number of nitrogens with zero attached hydrogens (tertiary/aromatic N) is 1. The Bertz CT molecular complexity index is 722. The number of rotatable bonds is 6. The molecule has 0 N–H and O–H groups in total. The molecule has 0 aliphatic carbocycles. The van der Waals surface area contributed by atoms with E-state index in [-0.39, 0.29) is 18.0 Å². The van der Waals surface area contributed by atoms with Crippen molar-refractivity contribution in [1.82, 2.24) is 4.90 Å². The Morgan fingerprint density at radius 1 is 0.920 bits per heavy atom. The summed E-state index contributed by atoms with van der Waals surface area (Å²) in [5.74, 6) is 0.900. The van der Waals surface area contributed by atoms with Crippen LogP contribution in [-0.2, 0) is 0 Å². The molecular formula is C22H27NO2. The highest BCUT2D eigenvalue weighted by atomic mass is 16.5. The number of methoxy groups -OCH3 is 1. The van der Waals surface area contributed by atoms with Crippen molar-refractivity contribution < 1.29 is 9.53 Å². The summed E-state index contributed by atoms with van der Waals surface area (Å²) in [6, 6.07) is 15.9. The zero-order chi connectivity index (χ0) is 18.4. The average Bonchev–Trinajstić information content (AvgIpc) is 2.60. The second kappa shape index (κ2) is 8.52. The quantitative estimate of drug-likeness (QED) is 0.684. The van der Waals surface area contributed by atoms with E-state index in [0.29, 0.717) is 0 Å². The van der Waals surface area contributed by atoms with Crippen LogP contribution in [0.1, 0.15) is 49.2 Å². The first-order chi connectivity index (χ1) is 11.9. The lowest BCUT2D eigenvalue weighted by Crippen LogP contribution is -2.42. The van der Waals surface area contributed by atoms with Gasteiger partial charge in [0.2, 0.25) is 0 Å². The minimum atomic E-state index is 0.0694. The number of hydrogen-bond acceptors (Lipinski definition) is 2. The molecule has 0 saturated heterocycles. The fourth-order valence-corrected chi connectivity index (χ4v) is 2.94. The summed E-state index contributed by atoms with van der Waals surface area (Å²) in [5, 5.41) is 0. The summed E-state index contributed by atoms with van der Waals surface area (Å²) < 4.78 is 5.18. The first-order valence-corrected chi connectivity index (χ1v) is 8.68. The van der Waals surface area contributed by atoms with E-state index in [1.807, 2.05) is 93.3 Å². The van der Waals surface area contributed by atoms with Crippen molar-refractivity contribution in [3.63, 3.8) is 0 Å². The molecule has 0 fully saturated rings. The van der Waals surface area contributed by atoms with Gasteiger partial charge >= 0.3 is 0 Å². The van der Waals surface area contributed by atoms with E-state index in [9.17, 15) is 4.79 Å². The molecule has 0 aromatic heterocycles. The molecule has 0 aliphatic rings. The summed E-state index contributed by atoms with van der Waals surface area (Å²) in [7, 11) is 1.65. The Hall–Kier alpha value is -2.55. The van der Waals surface area contributed by atoms with E-state index in [1.165, 1.54) is 0 Å². The number of carbonyl (C=O) groups excluding carboxylic acids is 1. The topological polar surface area (TPSA) is 29.5 Å². The highest BCUT2D eigenvalue weighted by Gasteiger charge is 2.22. The van der Waals surface area contributed by atoms with Crippen LogP contribution in [0.15, 0.2) is 48.5 Å². The van der Waals surface area contributed by atoms with Crippen molar-refractivity contribution in [2.75, 3.05) is 7.11 Å². The van der Waals surface area contributed by atoms with E-state index in [4.69, 9.17) is 4.74 Å². The van der Waals surface area contributed by atoms with Gasteiger partial charge in [-0.3, -0.25) is 4.79 Å². The molecule has 0 heterocycles. The zero-order valence-corrected chi connectivity index (χ0v) is 15.7. The standard InChI is InChI=1S/C22H27NO2/c1-16(2)23(17(3)4)22(24)21-9-7-6-8-19(21)13-10-18-11-14-20(25-5)15-12-18/h6-17H,1-5H3/b13-10+. The minimum absolute atomic E-state index is 0.0694. The van der Waals surface area contributed by atoms with Crippen molar-refractivity contribution >= 4 is 18.1 Å². The highest BCUT2D eigenvalue weighted by molar-refractivity contribution is 5.99. The molecule has 0 unspecified atom stereocenters. The molecule has 2 aromatic carbocycles. The van der Waals surface area contributed by atoms with Gasteiger partial charge in [0.1, 0.15) is 5.75 Å². The van der Waals surface area contributed by atoms with E-state index in [1.54, 1.807) is 7.11 Å². The fourth-order valence-electron chi connectivity index (χ4n) is 2.94. The second-order valence-electron chi connectivity index (χ2n) is 6.59. The Morgan fingerprint density at radius 3 is 2.08 bits per heavy atom. The molecule has 0 atom stereocenters. The van der Waals surface area contributed by atoms with Crippen LogP contribution in [-0.4, -0.2) is 30.0 Å². The van der Waals surface area contributed by atoms with Gasteiger partial charge in [-0.15, -0.1) is 0 Å². The van der Waals surface area contributed by atoms with Gasteiger partial charge < -0.3 is 9.64 Å². The Labute approximate surface area is 150 Å². The molecule has 0 saturated carbocycles. The van der Waals surface area contributed by atoms with Crippen LogP contribution < -0.4 is 4.74 Å². The molecule has 0 bridgehead atoms. The van der Waals surface area contributed by atoms with Crippen molar-refractivity contribution in [1.29, 1.82) is 0 Å². The molecule has 0 spiro atoms. The van der Waals surface area contributed by atoms with Crippen LogP contribution in [0.5, 0.6) is 5.75 Å². The van der Waals surface area contributed by atoms with Crippen LogP contribution in [0.4, 0.5) is 0 Å². The SMILES string of the molecule is COc1ccc(/C=C/c2ccccc2C(=O)N(C(C)C)C(C)C)cc1. The maximum Gasteiger partial charge on any atom is 0.254 e. The van der Waals surface area contributed by atoms with Gasteiger partial charge in [-0.25, -0.2) is 0 Å². The Balaban J connectivity index is 2.30. The van der Waals surface area contributed by atoms with Crippen molar-refractivity contribution in [2.24, 2.45) is 0 Å². The average molecular weight is 337 g/mol. The number of benzene rings is 2. The second-order valence-corrected chi connectivity index (χ2v) is 6.59. The maximum absolute atomic E-state index is 13.0. The summed E-state index contributed by atoms with van der Waals surface area (Å²) in [5.41, 5.74) is 2.72. The third-order valence-corrected chi connectivity index (χ3v) is 4.11. The lowest BCUT2D eigenvalue weighted by molar-refractivity contribution is 0.0643. The summed E-state index contributed by atoms with van der Waals surface area (Å²) in [4.78, 5) is 14.9. The molecule has 2 rings (SSSR count). The molecule has 132 valence electrons. The third kappa shape index (κ3) is 4.72. The van der Waals surface area contributed by atoms with Gasteiger partial charge in [0.25, 0.3) is 5.91 Å². The lowest BCUT2D eigenvalue weighted by atomic mass is 10.0. The molecular weight excluding hydrogens is 310 g/mol. The van der Waals surface area contributed by atoms with E-state index >= 15 is 0 Å². The van der Waals surface area contributed by atoms with E-state index < -0.39 is 0 Å². The first-order valence-electron chi connectivity index (χ1n) is 8.68. The Kier molecular flexibility index (Phi) is 6.40. The van der Waals surface area contributed by atoms with E-state index in [2.05, 4.69) is 0 Å². The predicted molar refractivity (Wildman–Crippen MR) is 105 cm³/mol. The third-order valence-electron chi connectivity index (χ3n) is 4.11. The summed E-state index contributed by atoms with van der Waals surface area (Å²) >= 11 is 0. The van der Waals surface area contributed by atoms with Gasteiger partial charge in [-0.1, -0.05) is 42.5 Å². The maximum atomic E-state index is 13.0. The van der Waals surface area contributed by atoms with Crippen molar-refractivity contribution in [2.45, 2.75) is 39.8 Å². The molecule has 1 amide bonds.